The van der Waals surface area contributed by atoms with Gasteiger partial charge in [-0.05, 0) is 59.5 Å². The van der Waals surface area contributed by atoms with Crippen LogP contribution in [0.3, 0.4) is 0 Å². The maximum absolute atomic E-state index is 5.20. The lowest BCUT2D eigenvalue weighted by atomic mass is 9.92. The highest BCUT2D eigenvalue weighted by atomic mass is 79.9. The highest BCUT2D eigenvalue weighted by molar-refractivity contribution is 9.10. The zero-order valence-electron chi connectivity index (χ0n) is 12.3. The Labute approximate surface area is 129 Å². The summed E-state index contributed by atoms with van der Waals surface area (Å²) >= 11 is 3.69. The summed E-state index contributed by atoms with van der Waals surface area (Å²) in [6.45, 7) is 4.71. The van der Waals surface area contributed by atoms with E-state index < -0.39 is 0 Å². The molecule has 1 heterocycles. The molecule has 112 valence electrons. The number of aromatic nitrogens is 2. The summed E-state index contributed by atoms with van der Waals surface area (Å²) in [6, 6.07) is 0.418. The molecule has 0 radical (unpaired) electrons. The number of nitrogens with zero attached hydrogens (tertiary/aromatic N) is 2. The van der Waals surface area contributed by atoms with Gasteiger partial charge in [-0.3, -0.25) is 4.68 Å². The quantitative estimate of drug-likeness (QED) is 0.828. The van der Waals surface area contributed by atoms with Crippen molar-refractivity contribution in [2.45, 2.75) is 38.8 Å². The van der Waals surface area contributed by atoms with Crippen molar-refractivity contribution in [2.24, 2.45) is 17.8 Å². The molecule has 3 rings (SSSR count). The Kier molecular flexibility index (Phi) is 4.48. The normalized spacial score (nSPS) is 29.4. The van der Waals surface area contributed by atoms with E-state index >= 15 is 0 Å². The number of rotatable bonds is 7. The first-order valence-corrected chi connectivity index (χ1v) is 8.47. The molecule has 0 aromatic carbocycles. The standard InChI is InChI=1S/C15H24BrN3O/c1-3-17-14(12-7-10-6-11(10)8-12)15-13(16)9-18-19(15)4-5-20-2/h9-12,14,17H,3-8H2,1-2H3. The molecular formula is C15H24BrN3O. The van der Waals surface area contributed by atoms with Gasteiger partial charge in [0.25, 0.3) is 0 Å². The largest absolute Gasteiger partial charge is 0.383 e. The molecule has 1 aromatic heterocycles. The van der Waals surface area contributed by atoms with E-state index in [1.165, 1.54) is 25.0 Å². The monoisotopic (exact) mass is 341 g/mol. The van der Waals surface area contributed by atoms with E-state index in [4.69, 9.17) is 4.74 Å². The minimum atomic E-state index is 0.418. The summed E-state index contributed by atoms with van der Waals surface area (Å²) in [5, 5.41) is 8.20. The van der Waals surface area contributed by atoms with Gasteiger partial charge in [0.2, 0.25) is 0 Å². The van der Waals surface area contributed by atoms with Gasteiger partial charge in [0.15, 0.2) is 0 Å². The first-order chi connectivity index (χ1) is 9.74. The van der Waals surface area contributed by atoms with Gasteiger partial charge in [-0.15, -0.1) is 0 Å². The van der Waals surface area contributed by atoms with Crippen molar-refractivity contribution in [3.8, 4) is 0 Å². The van der Waals surface area contributed by atoms with E-state index in [0.717, 1.165) is 35.3 Å². The lowest BCUT2D eigenvalue weighted by Gasteiger charge is -2.27. The van der Waals surface area contributed by atoms with Crippen LogP contribution < -0.4 is 5.32 Å². The summed E-state index contributed by atoms with van der Waals surface area (Å²) in [6.07, 6.45) is 6.15. The van der Waals surface area contributed by atoms with Crippen LogP contribution in [-0.2, 0) is 11.3 Å². The van der Waals surface area contributed by atoms with Gasteiger partial charge < -0.3 is 10.1 Å². The van der Waals surface area contributed by atoms with Crippen molar-refractivity contribution in [3.63, 3.8) is 0 Å². The van der Waals surface area contributed by atoms with Crippen LogP contribution in [0.1, 0.15) is 37.9 Å². The number of fused-ring (bicyclic) bond motifs is 1. The minimum Gasteiger partial charge on any atom is -0.383 e. The number of hydrogen-bond donors (Lipinski definition) is 1. The van der Waals surface area contributed by atoms with Crippen LogP contribution in [0.2, 0.25) is 0 Å². The van der Waals surface area contributed by atoms with Gasteiger partial charge in [0, 0.05) is 7.11 Å². The molecule has 0 aliphatic heterocycles. The fraction of sp³-hybridized carbons (Fsp3) is 0.800. The molecule has 2 fully saturated rings. The number of methoxy groups -OCH3 is 1. The second kappa shape index (κ2) is 6.16. The third-order valence-corrected chi connectivity index (χ3v) is 5.42. The highest BCUT2D eigenvalue weighted by Crippen LogP contribution is 2.57. The molecule has 0 amide bonds. The molecule has 1 N–H and O–H groups in total. The zero-order chi connectivity index (χ0) is 14.1. The average molecular weight is 342 g/mol. The molecule has 5 heteroatoms. The van der Waals surface area contributed by atoms with Crippen molar-refractivity contribution in [1.82, 2.24) is 15.1 Å². The van der Waals surface area contributed by atoms with Crippen LogP contribution in [0.5, 0.6) is 0 Å². The molecule has 3 unspecified atom stereocenters. The zero-order valence-corrected chi connectivity index (χ0v) is 13.9. The Hall–Kier alpha value is -0.390. The summed E-state index contributed by atoms with van der Waals surface area (Å²) < 4.78 is 8.43. The summed E-state index contributed by atoms with van der Waals surface area (Å²) in [5.41, 5.74) is 1.30. The molecule has 2 aliphatic carbocycles. The average Bonchev–Trinajstić information content (AvgIpc) is 2.89. The van der Waals surface area contributed by atoms with Gasteiger partial charge in [-0.25, -0.2) is 0 Å². The molecule has 2 aliphatic rings. The van der Waals surface area contributed by atoms with Crippen LogP contribution >= 0.6 is 15.9 Å². The minimum absolute atomic E-state index is 0.418. The van der Waals surface area contributed by atoms with E-state index in [1.807, 2.05) is 6.20 Å². The second-order valence-corrected chi connectivity index (χ2v) is 6.97. The Morgan fingerprint density at radius 3 is 2.85 bits per heavy atom. The van der Waals surface area contributed by atoms with Crippen molar-refractivity contribution < 1.29 is 4.74 Å². The summed E-state index contributed by atoms with van der Waals surface area (Å²) in [4.78, 5) is 0. The smallest absolute Gasteiger partial charge is 0.0699 e. The van der Waals surface area contributed by atoms with Gasteiger partial charge in [-0.1, -0.05) is 6.92 Å². The number of nitrogens with one attached hydrogen (secondary N) is 1. The Morgan fingerprint density at radius 1 is 1.45 bits per heavy atom. The van der Waals surface area contributed by atoms with Crippen LogP contribution in [0.4, 0.5) is 0 Å². The predicted molar refractivity (Wildman–Crippen MR) is 82.5 cm³/mol. The molecule has 1 aromatic rings. The van der Waals surface area contributed by atoms with Gasteiger partial charge in [0.05, 0.1) is 35.6 Å². The second-order valence-electron chi connectivity index (χ2n) is 6.12. The van der Waals surface area contributed by atoms with Crippen molar-refractivity contribution in [1.29, 1.82) is 0 Å². The molecule has 4 nitrogen and oxygen atoms in total. The first kappa shape index (κ1) is 14.5. The molecule has 0 bridgehead atoms. The third-order valence-electron chi connectivity index (χ3n) is 4.81. The Morgan fingerprint density at radius 2 is 2.20 bits per heavy atom. The maximum Gasteiger partial charge on any atom is 0.0699 e. The molecule has 2 saturated carbocycles. The molecule has 20 heavy (non-hydrogen) atoms. The van der Waals surface area contributed by atoms with E-state index in [0.29, 0.717) is 12.6 Å². The first-order valence-electron chi connectivity index (χ1n) is 7.68. The van der Waals surface area contributed by atoms with Gasteiger partial charge in [0.1, 0.15) is 0 Å². The van der Waals surface area contributed by atoms with Crippen molar-refractivity contribution in [3.05, 3.63) is 16.4 Å². The van der Waals surface area contributed by atoms with Crippen LogP contribution in [0.25, 0.3) is 0 Å². The van der Waals surface area contributed by atoms with E-state index in [-0.39, 0.29) is 0 Å². The summed E-state index contributed by atoms with van der Waals surface area (Å²) in [5.74, 6) is 2.78. The molecule has 0 spiro atoms. The Bertz CT molecular complexity index is 452. The summed E-state index contributed by atoms with van der Waals surface area (Å²) in [7, 11) is 1.74. The molecule has 3 atom stereocenters. The van der Waals surface area contributed by atoms with Crippen LogP contribution in [-0.4, -0.2) is 30.0 Å². The van der Waals surface area contributed by atoms with Crippen molar-refractivity contribution in [2.75, 3.05) is 20.3 Å². The van der Waals surface area contributed by atoms with Crippen molar-refractivity contribution >= 4 is 15.9 Å². The van der Waals surface area contributed by atoms with E-state index in [2.05, 4.69) is 38.0 Å². The maximum atomic E-state index is 5.20. The number of halogens is 1. The lowest BCUT2D eigenvalue weighted by Crippen LogP contribution is -2.30. The molecular weight excluding hydrogens is 318 g/mol. The fourth-order valence-corrected chi connectivity index (χ4v) is 4.32. The topological polar surface area (TPSA) is 39.1 Å². The number of hydrogen-bond acceptors (Lipinski definition) is 3. The van der Waals surface area contributed by atoms with Gasteiger partial charge in [-0.2, -0.15) is 5.10 Å². The van der Waals surface area contributed by atoms with E-state index in [9.17, 15) is 0 Å². The third kappa shape index (κ3) is 2.81. The van der Waals surface area contributed by atoms with Gasteiger partial charge >= 0.3 is 0 Å². The fourth-order valence-electron chi connectivity index (χ4n) is 3.78. The Balaban J connectivity index is 1.80. The van der Waals surface area contributed by atoms with E-state index in [1.54, 1.807) is 7.11 Å². The van der Waals surface area contributed by atoms with Crippen LogP contribution in [0.15, 0.2) is 10.7 Å². The lowest BCUT2D eigenvalue weighted by molar-refractivity contribution is 0.180. The molecule has 0 saturated heterocycles. The number of ether oxygens (including phenoxy) is 1. The van der Waals surface area contributed by atoms with Crippen LogP contribution in [0, 0.1) is 17.8 Å². The highest BCUT2D eigenvalue weighted by Gasteiger charge is 2.48. The predicted octanol–water partition coefficient (Wildman–Crippen LogP) is 2.99. The SMILES string of the molecule is CCNC(c1c(Br)cnn1CCOC)C1CC2CC2C1.